The lowest BCUT2D eigenvalue weighted by Crippen LogP contribution is -2.28. The molecule has 1 aromatic rings. The number of rotatable bonds is 9. The Morgan fingerprint density at radius 1 is 1.07 bits per heavy atom. The van der Waals surface area contributed by atoms with Crippen LogP contribution in [0, 0.1) is 24.2 Å². The van der Waals surface area contributed by atoms with Crippen LogP contribution in [0.2, 0.25) is 0 Å². The summed E-state index contributed by atoms with van der Waals surface area (Å²) in [6.07, 6.45) is 1.17. The van der Waals surface area contributed by atoms with Crippen LogP contribution in [-0.4, -0.2) is 47.6 Å². The van der Waals surface area contributed by atoms with E-state index in [2.05, 4.69) is 0 Å². The normalized spacial score (nSPS) is 22.6. The standard InChI is InChI=1S/C21H32O7S/c1-15-6-8-19(9-7-15)29(23,24)28-13-17-11-18(27-14-25-5)10-16(17)12-26-20(22)21(2,3)4/h6-9,16-18H,10-14H2,1-5H3/t16-,17-,18+/m1/s1. The molecule has 2 rings (SSSR count). The monoisotopic (exact) mass is 428 g/mol. The molecule has 1 aliphatic carbocycles. The molecule has 8 heteroatoms. The van der Waals surface area contributed by atoms with E-state index in [0.717, 1.165) is 5.56 Å². The van der Waals surface area contributed by atoms with Gasteiger partial charge in [-0.25, -0.2) is 0 Å². The van der Waals surface area contributed by atoms with Gasteiger partial charge in [-0.2, -0.15) is 8.42 Å². The van der Waals surface area contributed by atoms with Crippen molar-refractivity contribution in [2.45, 2.75) is 51.5 Å². The van der Waals surface area contributed by atoms with E-state index in [0.29, 0.717) is 12.8 Å². The highest BCUT2D eigenvalue weighted by Crippen LogP contribution is 2.35. The minimum absolute atomic E-state index is 0.0147. The van der Waals surface area contributed by atoms with Crippen LogP contribution in [0.1, 0.15) is 39.2 Å². The van der Waals surface area contributed by atoms with Crippen LogP contribution in [0.4, 0.5) is 0 Å². The van der Waals surface area contributed by atoms with Gasteiger partial charge in [0.1, 0.15) is 6.79 Å². The van der Waals surface area contributed by atoms with Crippen molar-refractivity contribution in [3.63, 3.8) is 0 Å². The summed E-state index contributed by atoms with van der Waals surface area (Å²) in [5.74, 6) is -0.438. The lowest BCUT2D eigenvalue weighted by atomic mass is 9.96. The number of benzene rings is 1. The molecular formula is C21H32O7S. The largest absolute Gasteiger partial charge is 0.465 e. The van der Waals surface area contributed by atoms with E-state index in [1.807, 2.05) is 6.92 Å². The van der Waals surface area contributed by atoms with Gasteiger partial charge in [0.2, 0.25) is 0 Å². The summed E-state index contributed by atoms with van der Waals surface area (Å²) in [6.45, 7) is 7.66. The Morgan fingerprint density at radius 2 is 1.66 bits per heavy atom. The third-order valence-corrected chi connectivity index (χ3v) is 6.30. The fourth-order valence-corrected chi connectivity index (χ4v) is 4.17. The summed E-state index contributed by atoms with van der Waals surface area (Å²) >= 11 is 0. The van der Waals surface area contributed by atoms with E-state index in [1.54, 1.807) is 40.0 Å². The van der Waals surface area contributed by atoms with Gasteiger partial charge in [0.15, 0.2) is 0 Å². The number of carbonyl (C=O) groups is 1. The van der Waals surface area contributed by atoms with Crippen molar-refractivity contribution < 1.29 is 31.6 Å². The number of ether oxygens (including phenoxy) is 3. The van der Waals surface area contributed by atoms with Crippen molar-refractivity contribution in [2.24, 2.45) is 17.3 Å². The third kappa shape index (κ3) is 7.06. The predicted molar refractivity (Wildman–Crippen MR) is 108 cm³/mol. The Morgan fingerprint density at radius 3 is 2.21 bits per heavy atom. The first-order valence-corrected chi connectivity index (χ1v) is 11.2. The minimum atomic E-state index is -3.85. The second-order valence-electron chi connectivity index (χ2n) is 8.59. The molecule has 1 saturated carbocycles. The second kappa shape index (κ2) is 10.0. The van der Waals surface area contributed by atoms with Crippen LogP contribution in [-0.2, 0) is 33.3 Å². The van der Waals surface area contributed by atoms with E-state index >= 15 is 0 Å². The zero-order valence-corrected chi connectivity index (χ0v) is 18.7. The molecule has 0 N–H and O–H groups in total. The molecule has 0 saturated heterocycles. The highest BCUT2D eigenvalue weighted by atomic mass is 32.2. The second-order valence-corrected chi connectivity index (χ2v) is 10.2. The Kier molecular flexibility index (Phi) is 8.22. The summed E-state index contributed by atoms with van der Waals surface area (Å²) in [5.41, 5.74) is 0.379. The van der Waals surface area contributed by atoms with Gasteiger partial charge in [0.05, 0.1) is 29.6 Å². The van der Waals surface area contributed by atoms with E-state index in [4.69, 9.17) is 18.4 Å². The molecule has 0 radical (unpaired) electrons. The Labute approximate surface area is 173 Å². The summed E-state index contributed by atoms with van der Waals surface area (Å²) < 4.78 is 46.4. The number of aryl methyl sites for hydroxylation is 1. The first kappa shape index (κ1) is 23.8. The topological polar surface area (TPSA) is 88.1 Å². The molecule has 1 aromatic carbocycles. The van der Waals surface area contributed by atoms with Gasteiger partial charge < -0.3 is 14.2 Å². The first-order valence-electron chi connectivity index (χ1n) is 9.77. The van der Waals surface area contributed by atoms with Gasteiger partial charge in [-0.3, -0.25) is 8.98 Å². The summed E-state index contributed by atoms with van der Waals surface area (Å²) in [4.78, 5) is 12.2. The molecular weight excluding hydrogens is 396 g/mol. The molecule has 0 unspecified atom stereocenters. The molecule has 164 valence electrons. The summed E-state index contributed by atoms with van der Waals surface area (Å²) in [6, 6.07) is 6.53. The van der Waals surface area contributed by atoms with Gasteiger partial charge in [-0.05, 0) is 58.6 Å². The molecule has 0 heterocycles. The van der Waals surface area contributed by atoms with Crippen molar-refractivity contribution in [2.75, 3.05) is 27.1 Å². The average molecular weight is 429 g/mol. The smallest absolute Gasteiger partial charge is 0.311 e. The summed E-state index contributed by atoms with van der Waals surface area (Å²) in [7, 11) is -2.30. The first-order chi connectivity index (χ1) is 13.5. The van der Waals surface area contributed by atoms with Crippen LogP contribution in [0.15, 0.2) is 29.2 Å². The number of esters is 1. The maximum Gasteiger partial charge on any atom is 0.311 e. The average Bonchev–Trinajstić information content (AvgIpc) is 3.04. The van der Waals surface area contributed by atoms with Crippen molar-refractivity contribution in [1.82, 2.24) is 0 Å². The van der Waals surface area contributed by atoms with Gasteiger partial charge in [0, 0.05) is 13.0 Å². The molecule has 0 aliphatic heterocycles. The number of hydrogen-bond acceptors (Lipinski definition) is 7. The minimum Gasteiger partial charge on any atom is -0.465 e. The highest BCUT2D eigenvalue weighted by Gasteiger charge is 2.37. The van der Waals surface area contributed by atoms with Crippen LogP contribution in [0.3, 0.4) is 0 Å². The fraction of sp³-hybridized carbons (Fsp3) is 0.667. The Hall–Kier alpha value is -1.48. The van der Waals surface area contributed by atoms with Gasteiger partial charge >= 0.3 is 5.97 Å². The number of methoxy groups -OCH3 is 1. The van der Waals surface area contributed by atoms with Crippen LogP contribution >= 0.6 is 0 Å². The van der Waals surface area contributed by atoms with Crippen molar-refractivity contribution in [3.05, 3.63) is 29.8 Å². The molecule has 1 fully saturated rings. The zero-order valence-electron chi connectivity index (χ0n) is 17.8. The van der Waals surface area contributed by atoms with Crippen LogP contribution < -0.4 is 0 Å². The lowest BCUT2D eigenvalue weighted by molar-refractivity contribution is -0.155. The SMILES string of the molecule is COCO[C@H]1C[C@H](COC(=O)C(C)(C)C)[C@@H](COS(=O)(=O)c2ccc(C)cc2)C1. The van der Waals surface area contributed by atoms with E-state index in [-0.39, 0.29) is 48.8 Å². The van der Waals surface area contributed by atoms with Gasteiger partial charge in [0.25, 0.3) is 10.1 Å². The molecule has 1 aliphatic rings. The predicted octanol–water partition coefficient (Wildman–Crippen LogP) is 3.30. The van der Waals surface area contributed by atoms with Crippen molar-refractivity contribution >= 4 is 16.1 Å². The van der Waals surface area contributed by atoms with Gasteiger partial charge in [-0.15, -0.1) is 0 Å². The molecule has 7 nitrogen and oxygen atoms in total. The number of hydrogen-bond donors (Lipinski definition) is 0. The molecule has 0 aromatic heterocycles. The Bertz CT molecular complexity index is 765. The van der Waals surface area contributed by atoms with Gasteiger partial charge in [-0.1, -0.05) is 17.7 Å². The molecule has 3 atom stereocenters. The molecule has 0 bridgehead atoms. The van der Waals surface area contributed by atoms with E-state index < -0.39 is 15.5 Å². The third-order valence-electron chi connectivity index (χ3n) is 5.01. The zero-order chi connectivity index (χ0) is 21.7. The fourth-order valence-electron chi connectivity index (χ4n) is 3.21. The quantitative estimate of drug-likeness (QED) is 0.339. The van der Waals surface area contributed by atoms with E-state index in [1.165, 1.54) is 12.1 Å². The number of carbonyl (C=O) groups excluding carboxylic acids is 1. The maximum atomic E-state index is 12.5. The Balaban J connectivity index is 2.01. The van der Waals surface area contributed by atoms with Crippen molar-refractivity contribution in [1.29, 1.82) is 0 Å². The molecule has 29 heavy (non-hydrogen) atoms. The molecule has 0 spiro atoms. The lowest BCUT2D eigenvalue weighted by Gasteiger charge is -2.22. The maximum absolute atomic E-state index is 12.5. The van der Waals surface area contributed by atoms with Crippen LogP contribution in [0.25, 0.3) is 0 Å². The van der Waals surface area contributed by atoms with E-state index in [9.17, 15) is 13.2 Å². The van der Waals surface area contributed by atoms with Crippen LogP contribution in [0.5, 0.6) is 0 Å². The van der Waals surface area contributed by atoms with Crippen molar-refractivity contribution in [3.8, 4) is 0 Å². The highest BCUT2D eigenvalue weighted by molar-refractivity contribution is 7.86. The molecule has 0 amide bonds. The summed E-state index contributed by atoms with van der Waals surface area (Å²) in [5, 5.41) is 0.